The first-order chi connectivity index (χ1) is 32.1. The van der Waals surface area contributed by atoms with Crippen molar-refractivity contribution in [3.8, 4) is 17.2 Å². The van der Waals surface area contributed by atoms with Gasteiger partial charge in [0.05, 0.1) is 39.8 Å². The van der Waals surface area contributed by atoms with Gasteiger partial charge >= 0.3 is 0 Å². The number of H-pyrrole nitrogens is 1. The van der Waals surface area contributed by atoms with Crippen LogP contribution in [0.3, 0.4) is 0 Å². The molecule has 0 radical (unpaired) electrons. The first kappa shape index (κ1) is 46.9. The average Bonchev–Trinajstić information content (AvgIpc) is 3.77. The average molecular weight is 953 g/mol. The maximum absolute atomic E-state index is 14.1. The Hall–Kier alpha value is -5.20. The fraction of sp³-hybridized carbons (Fsp3) is 0.480. The highest BCUT2D eigenvalue weighted by molar-refractivity contribution is 8.00. The largest absolute Gasteiger partial charge is 0.491 e. The molecule has 3 fully saturated rings. The second-order valence-electron chi connectivity index (χ2n) is 19.4. The van der Waals surface area contributed by atoms with Crippen LogP contribution >= 0.6 is 11.8 Å². The van der Waals surface area contributed by atoms with Crippen LogP contribution in [-0.4, -0.2) is 84.1 Å². The number of benzene rings is 3. The SMILES string of the molecule is CCOC[C@H](NC1CC2(CCN(c3ccc(C(=O)NS(=O)(=O)c4cc5c(c([N+](=O)[O-])c4)S[C@@H]([C@H]4CC[C@](C)(O)CC4)CO5)c(Oc4cnc5[nH]ccc5c4)c3)CC2)C1)c1ccccc1C(C)C. The van der Waals surface area contributed by atoms with Crippen LogP contribution in [0.1, 0.15) is 113 Å². The lowest BCUT2D eigenvalue weighted by Crippen LogP contribution is -2.54. The third-order valence-electron chi connectivity index (χ3n) is 14.3. The Kier molecular flexibility index (Phi) is 13.3. The summed E-state index contributed by atoms with van der Waals surface area (Å²) in [6.07, 6.45) is 10.2. The zero-order valence-corrected chi connectivity index (χ0v) is 40.1. The van der Waals surface area contributed by atoms with Gasteiger partial charge in [-0.05, 0) is 118 Å². The molecule has 2 saturated carbocycles. The van der Waals surface area contributed by atoms with E-state index in [1.807, 2.05) is 19.9 Å². The number of nitrogens with one attached hydrogen (secondary N) is 3. The number of aliphatic hydroxyl groups is 1. The number of ether oxygens (including phenoxy) is 3. The van der Waals surface area contributed by atoms with Gasteiger partial charge in [-0.25, -0.2) is 18.1 Å². The third-order valence-corrected chi connectivity index (χ3v) is 17.1. The van der Waals surface area contributed by atoms with Crippen molar-refractivity contribution in [2.45, 2.75) is 118 Å². The minimum absolute atomic E-state index is 0.0444. The highest BCUT2D eigenvalue weighted by atomic mass is 32.2. The first-order valence-electron chi connectivity index (χ1n) is 23.4. The minimum atomic E-state index is -4.65. The predicted octanol–water partition coefficient (Wildman–Crippen LogP) is 9.42. The van der Waals surface area contributed by atoms with Crippen LogP contribution in [0.5, 0.6) is 17.2 Å². The molecule has 4 aliphatic rings. The van der Waals surface area contributed by atoms with Crippen molar-refractivity contribution in [3.63, 3.8) is 0 Å². The maximum atomic E-state index is 14.1. The lowest BCUT2D eigenvalue weighted by atomic mass is 9.60. The molecule has 2 atom stereocenters. The number of nitrogens with zero attached hydrogens (tertiary/aromatic N) is 3. The number of aromatic amines is 1. The number of nitro groups is 1. The number of nitro benzene ring substituents is 1. The van der Waals surface area contributed by atoms with Crippen molar-refractivity contribution >= 4 is 50.1 Å². The lowest BCUT2D eigenvalue weighted by molar-refractivity contribution is -0.388. The number of thioether (sulfide) groups is 1. The zero-order valence-electron chi connectivity index (χ0n) is 38.5. The molecule has 356 valence electrons. The summed E-state index contributed by atoms with van der Waals surface area (Å²) in [5.74, 6) is 0.167. The van der Waals surface area contributed by atoms with Gasteiger partial charge in [0, 0.05) is 66.5 Å². The molecule has 5 aromatic rings. The Morgan fingerprint density at radius 2 is 1.81 bits per heavy atom. The molecule has 1 spiro atoms. The number of carbonyl (C=O) groups excluding carboxylic acids is 1. The molecule has 2 aliphatic carbocycles. The van der Waals surface area contributed by atoms with E-state index < -0.39 is 37.0 Å². The Labute approximate surface area is 396 Å². The Morgan fingerprint density at radius 1 is 1.06 bits per heavy atom. The third kappa shape index (κ3) is 10.2. The fourth-order valence-corrected chi connectivity index (χ4v) is 12.9. The van der Waals surface area contributed by atoms with Gasteiger partial charge in [-0.15, -0.1) is 11.8 Å². The molecular weight excluding hydrogens is 893 g/mol. The molecule has 2 aliphatic heterocycles. The highest BCUT2D eigenvalue weighted by Gasteiger charge is 2.47. The molecule has 4 N–H and O–H groups in total. The highest BCUT2D eigenvalue weighted by Crippen LogP contribution is 2.51. The molecule has 1 amide bonds. The van der Waals surface area contributed by atoms with E-state index in [2.05, 4.69) is 63.0 Å². The van der Waals surface area contributed by atoms with Crippen molar-refractivity contribution in [1.29, 1.82) is 0 Å². The van der Waals surface area contributed by atoms with E-state index in [1.165, 1.54) is 35.2 Å². The van der Waals surface area contributed by atoms with Gasteiger partial charge in [-0.2, -0.15) is 0 Å². The molecule has 3 aromatic carbocycles. The topological polar surface area (TPSA) is 198 Å². The Balaban J connectivity index is 0.908. The maximum Gasteiger partial charge on any atom is 0.288 e. The van der Waals surface area contributed by atoms with Gasteiger partial charge < -0.3 is 34.5 Å². The molecule has 17 heteroatoms. The summed E-state index contributed by atoms with van der Waals surface area (Å²) in [6, 6.07) is 20.1. The number of hydrogen-bond donors (Lipinski definition) is 4. The van der Waals surface area contributed by atoms with E-state index in [4.69, 9.17) is 14.2 Å². The predicted molar refractivity (Wildman–Crippen MR) is 258 cm³/mol. The lowest BCUT2D eigenvalue weighted by Gasteiger charge is -2.53. The number of anilines is 1. The van der Waals surface area contributed by atoms with Crippen molar-refractivity contribution < 1.29 is 37.5 Å². The summed E-state index contributed by atoms with van der Waals surface area (Å²) in [5, 5.41) is 27.5. The number of aromatic nitrogens is 2. The second-order valence-corrected chi connectivity index (χ2v) is 22.3. The van der Waals surface area contributed by atoms with Crippen molar-refractivity contribution in [2.75, 3.05) is 37.8 Å². The van der Waals surface area contributed by atoms with Crippen LogP contribution in [0.4, 0.5) is 11.4 Å². The van der Waals surface area contributed by atoms with Crippen LogP contribution in [0.15, 0.2) is 88.9 Å². The summed E-state index contributed by atoms with van der Waals surface area (Å²) < 4.78 is 48.4. The number of fused-ring (bicyclic) bond motifs is 2. The molecule has 9 rings (SSSR count). The van der Waals surface area contributed by atoms with E-state index in [9.17, 15) is 28.4 Å². The van der Waals surface area contributed by atoms with Gasteiger partial charge in [-0.3, -0.25) is 14.9 Å². The normalized spacial score (nSPS) is 22.2. The number of piperidine rings is 1. The molecule has 0 unspecified atom stereocenters. The van der Waals surface area contributed by atoms with Crippen molar-refractivity contribution in [1.82, 2.24) is 20.0 Å². The van der Waals surface area contributed by atoms with Crippen LogP contribution in [-0.2, 0) is 14.8 Å². The van der Waals surface area contributed by atoms with E-state index >= 15 is 0 Å². The first-order valence-corrected chi connectivity index (χ1v) is 25.8. The second kappa shape index (κ2) is 19.1. The van der Waals surface area contributed by atoms with Crippen LogP contribution in [0.2, 0.25) is 0 Å². The van der Waals surface area contributed by atoms with E-state index in [0.29, 0.717) is 49.4 Å². The van der Waals surface area contributed by atoms with Crippen molar-refractivity contribution in [2.24, 2.45) is 11.3 Å². The molecule has 67 heavy (non-hydrogen) atoms. The minimum Gasteiger partial charge on any atom is -0.491 e. The van der Waals surface area contributed by atoms with Crippen LogP contribution in [0.25, 0.3) is 11.0 Å². The van der Waals surface area contributed by atoms with Gasteiger partial charge in [0.2, 0.25) is 0 Å². The summed E-state index contributed by atoms with van der Waals surface area (Å²) in [6.45, 7) is 11.4. The standard InChI is InChI=1S/C50H60N6O9S2/c1-5-63-29-41(39-9-7-6-8-38(39)31(2)3)53-34-26-50(27-34)17-20-55(21-18-50)35-10-11-40(43(23-35)65-36-22-33-14-19-51-47(33)52-28-36)48(57)54-67(61,62)37-24-42(56(59)60)46-44(25-37)64-30-45(66-46)32-12-15-49(4,58)16-13-32/h6-11,14,19,22-25,28,31-32,34,41,45,53,58H,5,12-13,15-18,20-21,26-27,29-30H2,1-4H3,(H,51,52)(H,54,57)/t32-,41-,45+,49-/m0/s1. The summed E-state index contributed by atoms with van der Waals surface area (Å²) in [7, 11) is -4.65. The molecule has 1 saturated heterocycles. The number of pyridine rings is 1. The number of sulfonamides is 1. The smallest absolute Gasteiger partial charge is 0.288 e. The zero-order chi connectivity index (χ0) is 47.1. The molecule has 2 aromatic heterocycles. The molecule has 4 heterocycles. The summed E-state index contributed by atoms with van der Waals surface area (Å²) in [4.78, 5) is 35.4. The van der Waals surface area contributed by atoms with Crippen molar-refractivity contribution in [3.05, 3.63) is 106 Å². The van der Waals surface area contributed by atoms with Gasteiger partial charge in [0.15, 0.2) is 0 Å². The van der Waals surface area contributed by atoms with E-state index in [0.717, 1.165) is 68.8 Å². The molecular formula is C50H60N6O9S2. The van der Waals surface area contributed by atoms with E-state index in [-0.39, 0.29) is 51.2 Å². The Bertz CT molecular complexity index is 2730. The number of hydrogen-bond acceptors (Lipinski definition) is 13. The number of rotatable bonds is 15. The molecule has 15 nitrogen and oxygen atoms in total. The van der Waals surface area contributed by atoms with Crippen LogP contribution in [0, 0.1) is 21.4 Å². The molecule has 0 bridgehead atoms. The Morgan fingerprint density at radius 3 is 2.52 bits per heavy atom. The van der Waals surface area contributed by atoms with Gasteiger partial charge in [0.1, 0.15) is 34.4 Å². The van der Waals surface area contributed by atoms with E-state index in [1.54, 1.807) is 30.5 Å². The number of carbonyl (C=O) groups is 1. The monoisotopic (exact) mass is 952 g/mol. The number of amides is 1. The van der Waals surface area contributed by atoms with Gasteiger partial charge in [0.25, 0.3) is 21.6 Å². The summed E-state index contributed by atoms with van der Waals surface area (Å²) >= 11 is 1.31. The fourth-order valence-electron chi connectivity index (χ4n) is 10.5. The quantitative estimate of drug-likeness (QED) is 0.0572. The summed E-state index contributed by atoms with van der Waals surface area (Å²) in [5.41, 5.74) is 3.16. The van der Waals surface area contributed by atoms with Gasteiger partial charge in [-0.1, -0.05) is 38.1 Å². The van der Waals surface area contributed by atoms with Crippen LogP contribution < -0.4 is 24.4 Å².